The second-order valence-electron chi connectivity index (χ2n) is 4.45. The van der Waals surface area contributed by atoms with Gasteiger partial charge >= 0.3 is 0 Å². The van der Waals surface area contributed by atoms with E-state index in [-0.39, 0.29) is 12.5 Å². The number of hydrogen-bond acceptors (Lipinski definition) is 5. The largest absolute Gasteiger partial charge is 0.493 e. The van der Waals surface area contributed by atoms with Gasteiger partial charge in [0.15, 0.2) is 11.5 Å². The fourth-order valence-corrected chi connectivity index (χ4v) is 3.86. The van der Waals surface area contributed by atoms with Crippen molar-refractivity contribution in [2.45, 2.75) is 6.92 Å². The lowest BCUT2D eigenvalue weighted by Crippen LogP contribution is -2.27. The highest BCUT2D eigenvalue weighted by atomic mass is 79.9. The van der Waals surface area contributed by atoms with E-state index in [1.807, 2.05) is 13.0 Å². The van der Waals surface area contributed by atoms with Crippen LogP contribution in [0.1, 0.15) is 12.5 Å². The van der Waals surface area contributed by atoms with Gasteiger partial charge in [0.1, 0.15) is 10.9 Å². The number of thiocarbonyl (C=S) groups is 1. The van der Waals surface area contributed by atoms with Crippen LogP contribution in [0.25, 0.3) is 6.08 Å². The number of carbonyl (C=O) groups is 1. The van der Waals surface area contributed by atoms with Gasteiger partial charge in [-0.1, -0.05) is 45.8 Å². The molecule has 0 N–H and O–H groups in total. The molecule has 2 rings (SSSR count). The predicted molar refractivity (Wildman–Crippen MR) is 101 cm³/mol. The molecule has 120 valence electrons. The van der Waals surface area contributed by atoms with Crippen molar-refractivity contribution < 1.29 is 14.3 Å². The van der Waals surface area contributed by atoms with Gasteiger partial charge in [0.2, 0.25) is 0 Å². The average Bonchev–Trinajstić information content (AvgIpc) is 2.79. The zero-order chi connectivity index (χ0) is 17.0. The Bertz CT molecular complexity index is 725. The number of nitrogens with zero attached hydrogens (tertiary/aromatic N) is 1. The molecule has 1 heterocycles. The van der Waals surface area contributed by atoms with Crippen LogP contribution in [-0.4, -0.2) is 35.4 Å². The number of thioether (sulfide) groups is 1. The van der Waals surface area contributed by atoms with Gasteiger partial charge in [0.25, 0.3) is 5.91 Å². The monoisotopic (exact) mass is 411 g/mol. The van der Waals surface area contributed by atoms with E-state index >= 15 is 0 Å². The molecular formula is C16H14BrNO3S2. The summed E-state index contributed by atoms with van der Waals surface area (Å²) in [6.45, 7) is 2.54. The minimum Gasteiger partial charge on any atom is -0.493 e. The molecule has 0 aliphatic carbocycles. The minimum absolute atomic E-state index is 0.106. The molecule has 1 amide bonds. The first-order valence-corrected chi connectivity index (χ1v) is 8.72. The maximum Gasteiger partial charge on any atom is 0.266 e. The molecule has 0 unspecified atom stereocenters. The number of ether oxygens (including phenoxy) is 2. The molecule has 0 radical (unpaired) electrons. The van der Waals surface area contributed by atoms with Crippen LogP contribution in [0.3, 0.4) is 0 Å². The Morgan fingerprint density at radius 1 is 1.52 bits per heavy atom. The molecule has 0 atom stereocenters. The van der Waals surface area contributed by atoms with Gasteiger partial charge in [-0.25, -0.2) is 0 Å². The molecule has 1 aliphatic rings. The van der Waals surface area contributed by atoms with Gasteiger partial charge in [-0.2, -0.15) is 0 Å². The van der Waals surface area contributed by atoms with Crippen LogP contribution < -0.4 is 9.47 Å². The molecule has 7 heteroatoms. The normalized spacial score (nSPS) is 15.9. The summed E-state index contributed by atoms with van der Waals surface area (Å²) in [4.78, 5) is 14.5. The smallest absolute Gasteiger partial charge is 0.266 e. The number of benzene rings is 1. The highest BCUT2D eigenvalue weighted by Crippen LogP contribution is 2.39. The summed E-state index contributed by atoms with van der Waals surface area (Å²) in [5.41, 5.74) is 0.697. The second-order valence-corrected chi connectivity index (χ2v) is 7.04. The van der Waals surface area contributed by atoms with E-state index in [4.69, 9.17) is 28.1 Å². The number of methoxy groups -OCH3 is 1. The Hall–Kier alpha value is -1.49. The quantitative estimate of drug-likeness (QED) is 0.419. The van der Waals surface area contributed by atoms with Crippen molar-refractivity contribution in [1.29, 1.82) is 0 Å². The molecule has 4 nitrogen and oxygen atoms in total. The molecule has 1 aromatic rings. The van der Waals surface area contributed by atoms with Crippen LogP contribution in [-0.2, 0) is 4.79 Å². The Labute approximate surface area is 153 Å². The zero-order valence-corrected chi connectivity index (χ0v) is 15.8. The van der Waals surface area contributed by atoms with E-state index in [2.05, 4.69) is 21.9 Å². The molecule has 1 aliphatic heterocycles. The van der Waals surface area contributed by atoms with Crippen molar-refractivity contribution in [3.05, 3.63) is 27.1 Å². The first-order valence-electron chi connectivity index (χ1n) is 6.71. The van der Waals surface area contributed by atoms with E-state index in [1.165, 1.54) is 11.8 Å². The number of rotatable bonds is 5. The van der Waals surface area contributed by atoms with E-state index in [1.54, 1.807) is 24.2 Å². The number of hydrogen-bond donors (Lipinski definition) is 0. The van der Waals surface area contributed by atoms with Gasteiger partial charge < -0.3 is 9.47 Å². The number of terminal acetylenes is 1. The Balaban J connectivity index is 2.48. The molecule has 1 aromatic carbocycles. The summed E-state index contributed by atoms with van der Waals surface area (Å²) in [6, 6.07) is 3.62. The molecule has 0 saturated carbocycles. The molecule has 1 saturated heterocycles. The van der Waals surface area contributed by atoms with E-state index < -0.39 is 0 Å². The van der Waals surface area contributed by atoms with Crippen LogP contribution in [0, 0.1) is 12.3 Å². The first-order chi connectivity index (χ1) is 11.0. The average molecular weight is 412 g/mol. The molecule has 0 aromatic heterocycles. The van der Waals surface area contributed by atoms with Gasteiger partial charge in [-0.05, 0) is 25.1 Å². The summed E-state index contributed by atoms with van der Waals surface area (Å²) in [5, 5.41) is 0. The lowest BCUT2D eigenvalue weighted by atomic mass is 10.1. The fraction of sp³-hybridized carbons (Fsp3) is 0.250. The third-order valence-electron chi connectivity index (χ3n) is 3.04. The van der Waals surface area contributed by atoms with E-state index in [0.717, 1.165) is 4.47 Å². The Morgan fingerprint density at radius 3 is 2.83 bits per heavy atom. The highest BCUT2D eigenvalue weighted by molar-refractivity contribution is 9.10. The van der Waals surface area contributed by atoms with Gasteiger partial charge in [-0.15, -0.1) is 6.42 Å². The number of carbonyl (C=O) groups excluding carboxylic acids is 1. The molecular weight excluding hydrogens is 398 g/mol. The molecule has 23 heavy (non-hydrogen) atoms. The summed E-state index contributed by atoms with van der Waals surface area (Å²) < 4.78 is 12.3. The lowest BCUT2D eigenvalue weighted by molar-refractivity contribution is -0.121. The molecule has 1 fully saturated rings. The standard InChI is InChI=1S/C16H14BrNO3S2/c1-4-6-21-14-10(7-11(17)9-12(14)20-3)8-13-15(19)18(5-2)16(22)23-13/h1,7-9H,5-6H2,2-3H3/b13-8+. The number of halogens is 1. The van der Waals surface area contributed by atoms with Crippen molar-refractivity contribution in [3.63, 3.8) is 0 Å². The van der Waals surface area contributed by atoms with Crippen LogP contribution in [0.4, 0.5) is 0 Å². The predicted octanol–water partition coefficient (Wildman–Crippen LogP) is 3.69. The summed E-state index contributed by atoms with van der Waals surface area (Å²) in [5.74, 6) is 3.35. The second kappa shape index (κ2) is 7.86. The summed E-state index contributed by atoms with van der Waals surface area (Å²) in [7, 11) is 1.55. The van der Waals surface area contributed by atoms with Gasteiger partial charge in [0.05, 0.1) is 12.0 Å². The lowest BCUT2D eigenvalue weighted by Gasteiger charge is -2.13. The van der Waals surface area contributed by atoms with Crippen molar-refractivity contribution in [3.8, 4) is 23.8 Å². The van der Waals surface area contributed by atoms with Crippen LogP contribution in [0.5, 0.6) is 11.5 Å². The minimum atomic E-state index is -0.107. The van der Waals surface area contributed by atoms with Crippen LogP contribution in [0.15, 0.2) is 21.5 Å². The van der Waals surface area contributed by atoms with Crippen molar-refractivity contribution >= 4 is 56.2 Å². The molecule has 0 bridgehead atoms. The Morgan fingerprint density at radius 2 is 2.26 bits per heavy atom. The maximum absolute atomic E-state index is 12.3. The van der Waals surface area contributed by atoms with Crippen molar-refractivity contribution in [2.75, 3.05) is 20.3 Å². The van der Waals surface area contributed by atoms with Gasteiger partial charge in [-0.3, -0.25) is 9.69 Å². The van der Waals surface area contributed by atoms with Gasteiger partial charge in [0, 0.05) is 16.6 Å². The highest BCUT2D eigenvalue weighted by Gasteiger charge is 2.31. The van der Waals surface area contributed by atoms with Crippen molar-refractivity contribution in [2.24, 2.45) is 0 Å². The van der Waals surface area contributed by atoms with Crippen LogP contribution >= 0.6 is 39.9 Å². The maximum atomic E-state index is 12.3. The summed E-state index contributed by atoms with van der Waals surface area (Å²) in [6.07, 6.45) is 7.01. The van der Waals surface area contributed by atoms with E-state index in [0.29, 0.717) is 32.8 Å². The number of amides is 1. The molecule has 0 spiro atoms. The summed E-state index contributed by atoms with van der Waals surface area (Å²) >= 11 is 9.92. The third-order valence-corrected chi connectivity index (χ3v) is 4.88. The third kappa shape index (κ3) is 3.89. The van der Waals surface area contributed by atoms with Crippen LogP contribution in [0.2, 0.25) is 0 Å². The first kappa shape index (κ1) is 17.9. The van der Waals surface area contributed by atoms with E-state index in [9.17, 15) is 4.79 Å². The zero-order valence-electron chi connectivity index (χ0n) is 12.6. The van der Waals surface area contributed by atoms with Crippen molar-refractivity contribution in [1.82, 2.24) is 4.90 Å². The topological polar surface area (TPSA) is 38.8 Å². The number of likely N-dealkylation sites (N-methyl/N-ethyl adjacent to an activating group) is 1. The SMILES string of the molecule is C#CCOc1c(/C=C2/SC(=S)N(CC)C2=O)cc(Br)cc1OC. The Kier molecular flexibility index (Phi) is 6.10. The fourth-order valence-electron chi connectivity index (χ4n) is 2.03.